The monoisotopic (exact) mass is 270 g/mol. The summed E-state index contributed by atoms with van der Waals surface area (Å²) in [7, 11) is 0. The minimum atomic E-state index is -0.851. The molecule has 1 atom stereocenters. The number of carboxylic acid groups (broad SMARTS) is 1. The molecule has 0 amide bonds. The summed E-state index contributed by atoms with van der Waals surface area (Å²) in [5.74, 6) is -0.851. The summed E-state index contributed by atoms with van der Waals surface area (Å²) in [6.45, 7) is 6.10. The van der Waals surface area contributed by atoms with Crippen LogP contribution >= 0.6 is 0 Å². The molecule has 20 heavy (non-hydrogen) atoms. The fourth-order valence-corrected chi connectivity index (χ4v) is 2.08. The Balaban J connectivity index is 2.07. The van der Waals surface area contributed by atoms with E-state index >= 15 is 0 Å². The SMILES string of the molecule is C=C(C)CC(NCc1ccc2ccncc2c1)C(=O)O. The molecule has 0 aliphatic rings. The van der Waals surface area contributed by atoms with E-state index < -0.39 is 12.0 Å². The Morgan fingerprint density at radius 3 is 2.90 bits per heavy atom. The summed E-state index contributed by atoms with van der Waals surface area (Å²) in [6.07, 6.45) is 4.00. The molecule has 4 heteroatoms. The van der Waals surface area contributed by atoms with Gasteiger partial charge in [0.1, 0.15) is 6.04 Å². The van der Waals surface area contributed by atoms with Crippen molar-refractivity contribution < 1.29 is 9.90 Å². The molecular formula is C16H18N2O2. The molecule has 0 saturated carbocycles. The highest BCUT2D eigenvalue weighted by atomic mass is 16.4. The van der Waals surface area contributed by atoms with Gasteiger partial charge in [0, 0.05) is 24.3 Å². The molecular weight excluding hydrogens is 252 g/mol. The maximum absolute atomic E-state index is 11.2. The quantitative estimate of drug-likeness (QED) is 0.792. The summed E-state index contributed by atoms with van der Waals surface area (Å²) >= 11 is 0. The third-order valence-electron chi connectivity index (χ3n) is 3.11. The molecule has 104 valence electrons. The van der Waals surface area contributed by atoms with Gasteiger partial charge in [-0.25, -0.2) is 0 Å². The maximum atomic E-state index is 11.2. The van der Waals surface area contributed by atoms with E-state index in [1.54, 1.807) is 12.4 Å². The fraction of sp³-hybridized carbons (Fsp3) is 0.250. The Morgan fingerprint density at radius 2 is 2.20 bits per heavy atom. The third-order valence-corrected chi connectivity index (χ3v) is 3.11. The molecule has 1 aromatic heterocycles. The van der Waals surface area contributed by atoms with Crippen LogP contribution in [0.15, 0.2) is 48.8 Å². The molecule has 1 unspecified atom stereocenters. The van der Waals surface area contributed by atoms with E-state index in [-0.39, 0.29) is 0 Å². The van der Waals surface area contributed by atoms with Gasteiger partial charge in [-0.15, -0.1) is 6.58 Å². The van der Waals surface area contributed by atoms with Crippen LogP contribution in [0.4, 0.5) is 0 Å². The molecule has 0 aliphatic heterocycles. The lowest BCUT2D eigenvalue weighted by molar-refractivity contribution is -0.139. The van der Waals surface area contributed by atoms with Gasteiger partial charge in [0.2, 0.25) is 0 Å². The van der Waals surface area contributed by atoms with Crippen LogP contribution in [-0.2, 0) is 11.3 Å². The highest BCUT2D eigenvalue weighted by Gasteiger charge is 2.16. The molecule has 0 radical (unpaired) electrons. The highest BCUT2D eigenvalue weighted by molar-refractivity contribution is 5.82. The first-order valence-electron chi connectivity index (χ1n) is 6.49. The second-order valence-electron chi connectivity index (χ2n) is 4.99. The second-order valence-corrected chi connectivity index (χ2v) is 4.99. The molecule has 2 aromatic rings. The van der Waals surface area contributed by atoms with Crippen LogP contribution in [0.5, 0.6) is 0 Å². The number of hydrogen-bond acceptors (Lipinski definition) is 3. The lowest BCUT2D eigenvalue weighted by Gasteiger charge is -2.14. The normalized spacial score (nSPS) is 12.2. The van der Waals surface area contributed by atoms with Crippen molar-refractivity contribution in [1.82, 2.24) is 10.3 Å². The molecule has 0 saturated heterocycles. The Kier molecular flexibility index (Phi) is 4.48. The minimum absolute atomic E-state index is 0.435. The van der Waals surface area contributed by atoms with E-state index in [1.807, 2.05) is 31.2 Å². The number of pyridine rings is 1. The number of fused-ring (bicyclic) bond motifs is 1. The smallest absolute Gasteiger partial charge is 0.321 e. The predicted octanol–water partition coefficient (Wildman–Crippen LogP) is 2.74. The van der Waals surface area contributed by atoms with Crippen LogP contribution in [0.2, 0.25) is 0 Å². The number of aliphatic carboxylic acids is 1. The Morgan fingerprint density at radius 1 is 1.40 bits per heavy atom. The van der Waals surface area contributed by atoms with E-state index in [1.165, 1.54) is 0 Å². The van der Waals surface area contributed by atoms with Gasteiger partial charge in [-0.2, -0.15) is 0 Å². The highest BCUT2D eigenvalue weighted by Crippen LogP contribution is 2.14. The Hall–Kier alpha value is -2.20. The van der Waals surface area contributed by atoms with Crippen molar-refractivity contribution in [3.63, 3.8) is 0 Å². The number of benzene rings is 1. The van der Waals surface area contributed by atoms with E-state index in [4.69, 9.17) is 5.11 Å². The van der Waals surface area contributed by atoms with Crippen LogP contribution in [0, 0.1) is 0 Å². The van der Waals surface area contributed by atoms with Crippen molar-refractivity contribution in [2.24, 2.45) is 0 Å². The van der Waals surface area contributed by atoms with Gasteiger partial charge >= 0.3 is 5.97 Å². The zero-order valence-electron chi connectivity index (χ0n) is 11.5. The lowest BCUT2D eigenvalue weighted by Crippen LogP contribution is -2.36. The van der Waals surface area contributed by atoms with Crippen LogP contribution in [0.25, 0.3) is 10.8 Å². The topological polar surface area (TPSA) is 62.2 Å². The van der Waals surface area contributed by atoms with E-state index in [2.05, 4.69) is 16.9 Å². The summed E-state index contributed by atoms with van der Waals surface area (Å²) in [6, 6.07) is 7.39. The average Bonchev–Trinajstić information content (AvgIpc) is 2.42. The summed E-state index contributed by atoms with van der Waals surface area (Å²) in [5.41, 5.74) is 1.89. The van der Waals surface area contributed by atoms with Crippen LogP contribution in [-0.4, -0.2) is 22.1 Å². The van der Waals surface area contributed by atoms with Crippen molar-refractivity contribution >= 4 is 16.7 Å². The van der Waals surface area contributed by atoms with E-state index in [9.17, 15) is 4.79 Å². The molecule has 0 spiro atoms. The molecule has 1 aromatic carbocycles. The molecule has 2 N–H and O–H groups in total. The van der Waals surface area contributed by atoms with Crippen molar-refractivity contribution in [2.75, 3.05) is 0 Å². The number of nitrogens with zero attached hydrogens (tertiary/aromatic N) is 1. The first kappa shape index (κ1) is 14.2. The van der Waals surface area contributed by atoms with Gasteiger partial charge in [0.15, 0.2) is 0 Å². The van der Waals surface area contributed by atoms with E-state index in [0.29, 0.717) is 13.0 Å². The number of carbonyl (C=O) groups is 1. The van der Waals surface area contributed by atoms with Crippen molar-refractivity contribution in [3.8, 4) is 0 Å². The number of carboxylic acids is 1. The number of hydrogen-bond donors (Lipinski definition) is 2. The van der Waals surface area contributed by atoms with Gasteiger partial charge in [-0.3, -0.25) is 9.78 Å². The molecule has 2 rings (SSSR count). The Bertz CT molecular complexity index is 637. The summed E-state index contributed by atoms with van der Waals surface area (Å²) in [4.78, 5) is 15.2. The van der Waals surface area contributed by atoms with Crippen molar-refractivity contribution in [3.05, 3.63) is 54.4 Å². The van der Waals surface area contributed by atoms with Gasteiger partial charge in [-0.05, 0) is 36.4 Å². The van der Waals surface area contributed by atoms with Gasteiger partial charge in [0.05, 0.1) is 0 Å². The Labute approximate surface area is 118 Å². The molecule has 4 nitrogen and oxygen atoms in total. The third kappa shape index (κ3) is 3.65. The van der Waals surface area contributed by atoms with Gasteiger partial charge in [0.25, 0.3) is 0 Å². The number of rotatable bonds is 6. The average molecular weight is 270 g/mol. The standard InChI is InChI=1S/C16H18N2O2/c1-11(2)7-15(16(19)20)18-9-12-3-4-13-5-6-17-10-14(13)8-12/h3-6,8,10,15,18H,1,7,9H2,2H3,(H,19,20). The molecule has 0 bridgehead atoms. The van der Waals surface area contributed by atoms with E-state index in [0.717, 1.165) is 21.9 Å². The first-order chi connectivity index (χ1) is 9.56. The zero-order valence-corrected chi connectivity index (χ0v) is 11.5. The van der Waals surface area contributed by atoms with Crippen molar-refractivity contribution in [2.45, 2.75) is 25.9 Å². The maximum Gasteiger partial charge on any atom is 0.321 e. The van der Waals surface area contributed by atoms with Crippen molar-refractivity contribution in [1.29, 1.82) is 0 Å². The molecule has 0 aliphatic carbocycles. The summed E-state index contributed by atoms with van der Waals surface area (Å²) in [5, 5.41) is 14.4. The number of aromatic nitrogens is 1. The van der Waals surface area contributed by atoms with Gasteiger partial charge in [-0.1, -0.05) is 17.7 Å². The lowest BCUT2D eigenvalue weighted by atomic mass is 10.1. The molecule has 1 heterocycles. The summed E-state index contributed by atoms with van der Waals surface area (Å²) < 4.78 is 0. The van der Waals surface area contributed by atoms with Crippen LogP contribution in [0.1, 0.15) is 18.9 Å². The van der Waals surface area contributed by atoms with Crippen LogP contribution in [0.3, 0.4) is 0 Å². The fourth-order valence-electron chi connectivity index (χ4n) is 2.08. The predicted molar refractivity (Wildman–Crippen MR) is 79.4 cm³/mol. The second kappa shape index (κ2) is 6.30. The van der Waals surface area contributed by atoms with Gasteiger partial charge < -0.3 is 10.4 Å². The molecule has 0 fully saturated rings. The zero-order chi connectivity index (χ0) is 14.5. The first-order valence-corrected chi connectivity index (χ1v) is 6.49. The largest absolute Gasteiger partial charge is 0.480 e. The number of nitrogens with one attached hydrogen (secondary N) is 1. The minimum Gasteiger partial charge on any atom is -0.480 e. The van der Waals surface area contributed by atoms with Crippen LogP contribution < -0.4 is 5.32 Å².